The number of H-pyrrole nitrogens is 1. The summed E-state index contributed by atoms with van der Waals surface area (Å²) in [5.74, 6) is -1.61. The minimum absolute atomic E-state index is 0.129. The lowest BCUT2D eigenvalue weighted by atomic mass is 10.2. The minimum atomic E-state index is -5.40. The molecule has 15 nitrogen and oxygen atoms in total. The quantitative estimate of drug-likeness (QED) is 0.243. The number of rotatable bonds is 8. The smallest absolute Gasteiger partial charge is 0.390 e. The van der Waals surface area contributed by atoms with E-state index in [1.165, 1.54) is 0 Å². The van der Waals surface area contributed by atoms with E-state index in [1.54, 1.807) is 0 Å². The van der Waals surface area contributed by atoms with Crippen LogP contribution in [0, 0.1) is 0 Å². The summed E-state index contributed by atoms with van der Waals surface area (Å²) >= 11 is 0. The number of hydrogen-bond donors (Lipinski definition) is 6. The summed E-state index contributed by atoms with van der Waals surface area (Å²) in [6, 6.07) is 1.04. The van der Waals surface area contributed by atoms with Gasteiger partial charge in [0.2, 0.25) is 0 Å². The van der Waals surface area contributed by atoms with Gasteiger partial charge < -0.3 is 33.9 Å². The molecule has 0 aromatic carbocycles. The Morgan fingerprint density at radius 3 is 2.39 bits per heavy atom. The molecule has 0 bridgehead atoms. The number of nitrogens with zero attached hydrogens (tertiary/aromatic N) is 1. The third-order valence-electron chi connectivity index (χ3n) is 3.40. The Balaban J connectivity index is 1.99. The molecule has 1 saturated heterocycles. The van der Waals surface area contributed by atoms with Crippen molar-refractivity contribution in [2.45, 2.75) is 24.9 Å². The Kier molecular flexibility index (Phi) is 7.02. The van der Waals surface area contributed by atoms with Crippen LogP contribution in [0.2, 0.25) is 0 Å². The first kappa shape index (κ1) is 23.3. The van der Waals surface area contributed by atoms with Crippen molar-refractivity contribution < 1.29 is 51.9 Å². The molecule has 0 radical (unpaired) electrons. The van der Waals surface area contributed by atoms with Crippen LogP contribution in [0.5, 0.6) is 0 Å². The highest BCUT2D eigenvalue weighted by molar-refractivity contribution is 7.74. The van der Waals surface area contributed by atoms with Crippen molar-refractivity contribution >= 4 is 23.0 Å². The van der Waals surface area contributed by atoms with Gasteiger partial charge in [0.15, 0.2) is 5.90 Å². The third-order valence-corrected chi connectivity index (χ3v) is 8.68. The number of aliphatic hydroxyl groups excluding tert-OH is 1. The van der Waals surface area contributed by atoms with Gasteiger partial charge in [-0.1, -0.05) is 0 Å². The number of hydrogen-bond acceptors (Lipinski definition) is 9. The maximum absolute atomic E-state index is 11.9. The van der Waals surface area contributed by atoms with Gasteiger partial charge in [0.25, 0.3) is 5.56 Å². The zero-order chi connectivity index (χ0) is 21.3. The molecule has 2 heterocycles. The van der Waals surface area contributed by atoms with E-state index in [0.29, 0.717) is 0 Å². The molecule has 0 spiro atoms. The number of nitrogens with one attached hydrogen (secondary N) is 1. The molecule has 1 fully saturated rings. The molecule has 0 saturated carbocycles. The van der Waals surface area contributed by atoms with Crippen LogP contribution in [0.3, 0.4) is 0 Å². The number of phosphoric acid groups is 1. The predicted molar refractivity (Wildman–Crippen MR) is 89.5 cm³/mol. The molecule has 1 aromatic rings. The Morgan fingerprint density at radius 2 is 1.82 bits per heavy atom. The summed E-state index contributed by atoms with van der Waals surface area (Å²) in [4.78, 5) is 60.6. The predicted octanol–water partition coefficient (Wildman–Crippen LogP) is -1.36. The lowest BCUT2D eigenvalue weighted by Crippen LogP contribution is -2.31. The fraction of sp³-hybridized carbons (Fsp3) is 0.600. The van der Waals surface area contributed by atoms with Gasteiger partial charge in [-0.15, -0.1) is 0 Å². The summed E-state index contributed by atoms with van der Waals surface area (Å²) in [5.41, 5.74) is -1.46. The second-order valence-corrected chi connectivity index (χ2v) is 11.3. The molecule has 2 rings (SSSR count). The highest BCUT2D eigenvalue weighted by Gasteiger charge is 2.41. The number of ether oxygens (including phenoxy) is 1. The SMILES string of the molecule is O=c1ccn([C@H]2C[C@H](O)[C@@H](COP(=O)(O)CP(=O)(O)OP(=O)(O)O)O2)c(=O)[nH]1. The summed E-state index contributed by atoms with van der Waals surface area (Å²) < 4.78 is 48.4. The molecule has 2 unspecified atom stereocenters. The Morgan fingerprint density at radius 1 is 1.18 bits per heavy atom. The van der Waals surface area contributed by atoms with Gasteiger partial charge in [-0.25, -0.2) is 13.7 Å². The van der Waals surface area contributed by atoms with Crippen molar-refractivity contribution in [3.63, 3.8) is 0 Å². The van der Waals surface area contributed by atoms with Gasteiger partial charge in [-0.3, -0.25) is 23.5 Å². The summed E-state index contributed by atoms with van der Waals surface area (Å²) in [6.07, 6.45) is -2.50. The van der Waals surface area contributed by atoms with Crippen molar-refractivity contribution in [2.24, 2.45) is 0 Å². The zero-order valence-corrected chi connectivity index (χ0v) is 16.5. The zero-order valence-electron chi connectivity index (χ0n) is 13.8. The number of aromatic amines is 1. The van der Waals surface area contributed by atoms with Crippen LogP contribution in [0.4, 0.5) is 0 Å². The molecule has 160 valence electrons. The van der Waals surface area contributed by atoms with Crippen molar-refractivity contribution in [3.8, 4) is 0 Å². The highest BCUT2D eigenvalue weighted by Crippen LogP contribution is 2.64. The van der Waals surface area contributed by atoms with Gasteiger partial charge in [0, 0.05) is 18.7 Å². The molecule has 28 heavy (non-hydrogen) atoms. The molecule has 1 aliphatic heterocycles. The molecule has 1 aliphatic rings. The maximum atomic E-state index is 11.9. The van der Waals surface area contributed by atoms with Crippen molar-refractivity contribution in [1.82, 2.24) is 9.55 Å². The molecule has 0 amide bonds. The van der Waals surface area contributed by atoms with Gasteiger partial charge in [0.05, 0.1) is 12.7 Å². The van der Waals surface area contributed by atoms with Crippen LogP contribution >= 0.6 is 23.0 Å². The fourth-order valence-corrected chi connectivity index (χ4v) is 6.85. The second kappa shape index (κ2) is 8.42. The van der Waals surface area contributed by atoms with E-state index in [0.717, 1.165) is 16.8 Å². The van der Waals surface area contributed by atoms with E-state index >= 15 is 0 Å². The summed E-state index contributed by atoms with van der Waals surface area (Å²) in [7, 11) is -15.4. The van der Waals surface area contributed by atoms with Crippen LogP contribution in [0.25, 0.3) is 0 Å². The first-order valence-corrected chi connectivity index (χ1v) is 12.4. The van der Waals surface area contributed by atoms with Crippen LogP contribution in [-0.4, -0.2) is 58.9 Å². The number of aromatic nitrogens is 2. The molecule has 5 atom stereocenters. The normalized spacial score (nSPS) is 27.2. The van der Waals surface area contributed by atoms with Crippen LogP contribution in [0.1, 0.15) is 12.6 Å². The van der Waals surface area contributed by atoms with Gasteiger partial charge in [-0.05, 0) is 0 Å². The van der Waals surface area contributed by atoms with Crippen molar-refractivity contribution in [3.05, 3.63) is 33.1 Å². The Hall–Kier alpha value is -0.950. The fourth-order valence-electron chi connectivity index (χ4n) is 2.34. The van der Waals surface area contributed by atoms with E-state index in [-0.39, 0.29) is 6.42 Å². The van der Waals surface area contributed by atoms with E-state index in [9.17, 15) is 38.2 Å². The Labute approximate surface area is 155 Å². The van der Waals surface area contributed by atoms with Gasteiger partial charge in [-0.2, -0.15) is 0 Å². The van der Waals surface area contributed by atoms with E-state index in [4.69, 9.17) is 14.5 Å². The van der Waals surface area contributed by atoms with E-state index in [2.05, 4.69) is 8.83 Å². The average molecular weight is 466 g/mol. The molecular formula is C10H17N2O13P3. The highest BCUT2D eigenvalue weighted by atomic mass is 31.3. The van der Waals surface area contributed by atoms with E-state index < -0.39 is 65.2 Å². The van der Waals surface area contributed by atoms with Crippen molar-refractivity contribution in [1.29, 1.82) is 0 Å². The lowest BCUT2D eigenvalue weighted by Gasteiger charge is -2.20. The lowest BCUT2D eigenvalue weighted by molar-refractivity contribution is -0.0423. The standard InChI is InChI=1S/C10H17N2O13P3/c13-6-3-9(12-2-1-8(14)11-10(12)15)24-7(6)4-23-26(16,17)5-27(18,19)25-28(20,21)22/h1-2,6-7,9,13H,3-5H2,(H,16,17)(H,18,19)(H,11,14,15)(H2,20,21,22)/t6-,7+,9+/m0/s1. The Bertz CT molecular complexity index is 966. The average Bonchev–Trinajstić information content (AvgIpc) is 2.82. The monoisotopic (exact) mass is 466 g/mol. The van der Waals surface area contributed by atoms with Gasteiger partial charge in [0.1, 0.15) is 12.3 Å². The van der Waals surface area contributed by atoms with Crippen molar-refractivity contribution in [2.75, 3.05) is 12.5 Å². The molecule has 1 aromatic heterocycles. The van der Waals surface area contributed by atoms with Gasteiger partial charge >= 0.3 is 28.7 Å². The van der Waals surface area contributed by atoms with Crippen LogP contribution in [-0.2, 0) is 27.3 Å². The molecule has 6 N–H and O–H groups in total. The molecule has 0 aliphatic carbocycles. The van der Waals surface area contributed by atoms with E-state index in [1.807, 2.05) is 4.98 Å². The second-order valence-electron chi connectivity index (χ2n) is 5.73. The minimum Gasteiger partial charge on any atom is -0.390 e. The van der Waals surface area contributed by atoms with Crippen LogP contribution < -0.4 is 11.2 Å². The third kappa shape index (κ3) is 6.83. The first-order valence-electron chi connectivity index (χ1n) is 7.37. The summed E-state index contributed by atoms with van der Waals surface area (Å²) in [5, 5.41) is 9.95. The maximum Gasteiger partial charge on any atom is 0.476 e. The molecular weight excluding hydrogens is 449 g/mol. The summed E-state index contributed by atoms with van der Waals surface area (Å²) in [6.45, 7) is -0.751. The first-order chi connectivity index (χ1) is 12.7. The van der Waals surface area contributed by atoms with Crippen LogP contribution in [0.15, 0.2) is 21.9 Å². The molecule has 18 heteroatoms. The number of aliphatic hydroxyl groups is 1. The largest absolute Gasteiger partial charge is 0.476 e. The topological polar surface area (TPSA) is 235 Å².